The largest absolute Gasteiger partial charge is 0.508 e. The molecule has 0 aliphatic carbocycles. The molecule has 0 spiro atoms. The van der Waals surface area contributed by atoms with Crippen molar-refractivity contribution in [2.45, 2.75) is 46.5 Å². The van der Waals surface area contributed by atoms with E-state index in [1.807, 2.05) is 19.9 Å². The third-order valence-electron chi connectivity index (χ3n) is 2.69. The Morgan fingerprint density at radius 2 is 1.90 bits per heavy atom. The van der Waals surface area contributed by atoms with Crippen LogP contribution < -0.4 is 4.74 Å². The molecule has 1 aromatic rings. The predicted octanol–water partition coefficient (Wildman–Crippen LogP) is 3.70. The summed E-state index contributed by atoms with van der Waals surface area (Å²) in [6.07, 6.45) is 4.65. The van der Waals surface area contributed by atoms with E-state index in [1.54, 1.807) is 12.1 Å². The van der Waals surface area contributed by atoms with Crippen LogP contribution in [0.2, 0.25) is 0 Å². The molecule has 0 unspecified atom stereocenters. The fourth-order valence-electron chi connectivity index (χ4n) is 1.66. The third-order valence-corrected chi connectivity index (χ3v) is 2.69. The predicted molar refractivity (Wildman–Crippen MR) is 80.2 cm³/mol. The van der Waals surface area contributed by atoms with Crippen molar-refractivity contribution in [3.8, 4) is 11.5 Å². The van der Waals surface area contributed by atoms with E-state index in [2.05, 4.69) is 4.74 Å². The van der Waals surface area contributed by atoms with E-state index in [9.17, 15) is 9.90 Å². The number of phenols is 1. The Kier molecular flexibility index (Phi) is 10.2. The van der Waals surface area contributed by atoms with Crippen molar-refractivity contribution in [1.29, 1.82) is 0 Å². The number of benzene rings is 1. The van der Waals surface area contributed by atoms with E-state index in [4.69, 9.17) is 4.74 Å². The van der Waals surface area contributed by atoms with Crippen LogP contribution in [-0.2, 0) is 16.0 Å². The van der Waals surface area contributed by atoms with Gasteiger partial charge in [-0.1, -0.05) is 19.9 Å². The zero-order chi connectivity index (χ0) is 15.4. The van der Waals surface area contributed by atoms with E-state index in [-0.39, 0.29) is 5.97 Å². The lowest BCUT2D eigenvalue weighted by molar-refractivity contribution is -0.137. The summed E-state index contributed by atoms with van der Waals surface area (Å²) in [5.74, 6) is 0.907. The van der Waals surface area contributed by atoms with Gasteiger partial charge in [-0.15, -0.1) is 0 Å². The number of rotatable bonds is 0. The number of ether oxygens (including phenoxy) is 2. The normalized spacial score (nSPS) is 12.8. The Morgan fingerprint density at radius 3 is 2.50 bits per heavy atom. The van der Waals surface area contributed by atoms with Gasteiger partial charge in [0.05, 0.1) is 13.7 Å². The van der Waals surface area contributed by atoms with Crippen LogP contribution in [0.15, 0.2) is 18.2 Å². The molecule has 1 aromatic carbocycles. The number of hydrogen-bond donors (Lipinski definition) is 1. The summed E-state index contributed by atoms with van der Waals surface area (Å²) in [6.45, 7) is 6.14. The fourth-order valence-corrected chi connectivity index (χ4v) is 1.66. The van der Waals surface area contributed by atoms with Gasteiger partial charge < -0.3 is 14.6 Å². The number of phenolic OH excluding ortho intramolecular Hbond substituents is 1. The standard InChI is InChI=1S/C11H14O2.C3H6O2.C2H6/c12-10-6-5-9-4-2-1-3-7-13-11(9)8-10;1-3(4)5-2;1-2/h5-6,8,12H,1-4,7H2;1-2H3;1-2H3. The first-order chi connectivity index (χ1) is 9.63. The Labute approximate surface area is 121 Å². The molecule has 4 heteroatoms. The molecule has 0 radical (unpaired) electrons. The number of aryl methyl sites for hydroxylation is 1. The van der Waals surface area contributed by atoms with Crippen molar-refractivity contribution in [2.75, 3.05) is 13.7 Å². The first kappa shape index (κ1) is 18.3. The maximum Gasteiger partial charge on any atom is 0.302 e. The van der Waals surface area contributed by atoms with Crippen LogP contribution in [0, 0.1) is 0 Å². The summed E-state index contributed by atoms with van der Waals surface area (Å²) >= 11 is 0. The molecule has 1 N–H and O–H groups in total. The highest BCUT2D eigenvalue weighted by molar-refractivity contribution is 5.65. The van der Waals surface area contributed by atoms with Crippen LogP contribution >= 0.6 is 0 Å². The number of methoxy groups -OCH3 is 1. The Hall–Kier alpha value is -1.71. The Bertz CT molecular complexity index is 388. The Balaban J connectivity index is 0.000000441. The quantitative estimate of drug-likeness (QED) is 0.737. The van der Waals surface area contributed by atoms with Crippen LogP contribution in [0.5, 0.6) is 11.5 Å². The maximum atomic E-state index is 9.59. The molecule has 0 amide bonds. The highest BCUT2D eigenvalue weighted by Gasteiger charge is 2.07. The number of carbonyl (C=O) groups excluding carboxylic acids is 1. The van der Waals surface area contributed by atoms with E-state index < -0.39 is 0 Å². The summed E-state index contributed by atoms with van der Waals surface area (Å²) in [5.41, 5.74) is 1.22. The van der Waals surface area contributed by atoms with Crippen molar-refractivity contribution in [1.82, 2.24) is 0 Å². The molecule has 114 valence electrons. The van der Waals surface area contributed by atoms with Crippen molar-refractivity contribution in [2.24, 2.45) is 0 Å². The minimum Gasteiger partial charge on any atom is -0.508 e. The third kappa shape index (κ3) is 7.67. The maximum absolute atomic E-state index is 9.59. The number of esters is 1. The number of fused-ring (bicyclic) bond motifs is 1. The van der Waals surface area contributed by atoms with Gasteiger partial charge in [0.1, 0.15) is 11.5 Å². The van der Waals surface area contributed by atoms with Gasteiger partial charge >= 0.3 is 5.97 Å². The summed E-state index contributed by atoms with van der Waals surface area (Å²) < 4.78 is 9.66. The van der Waals surface area contributed by atoms with Crippen LogP contribution in [0.4, 0.5) is 0 Å². The van der Waals surface area contributed by atoms with Gasteiger partial charge in [0.2, 0.25) is 0 Å². The fraction of sp³-hybridized carbons (Fsp3) is 0.562. The summed E-state index contributed by atoms with van der Waals surface area (Å²) in [4.78, 5) is 9.59. The van der Waals surface area contributed by atoms with Gasteiger partial charge in [-0.25, -0.2) is 0 Å². The first-order valence-electron chi connectivity index (χ1n) is 7.12. The number of aromatic hydroxyl groups is 1. The highest BCUT2D eigenvalue weighted by atomic mass is 16.5. The highest BCUT2D eigenvalue weighted by Crippen LogP contribution is 2.27. The van der Waals surface area contributed by atoms with Crippen LogP contribution in [0.3, 0.4) is 0 Å². The van der Waals surface area contributed by atoms with Gasteiger partial charge in [0.15, 0.2) is 0 Å². The molecule has 0 saturated heterocycles. The van der Waals surface area contributed by atoms with Crippen molar-refractivity contribution in [3.63, 3.8) is 0 Å². The van der Waals surface area contributed by atoms with Crippen LogP contribution in [0.25, 0.3) is 0 Å². The van der Waals surface area contributed by atoms with Crippen molar-refractivity contribution in [3.05, 3.63) is 23.8 Å². The molecule has 0 fully saturated rings. The summed E-state index contributed by atoms with van der Waals surface area (Å²) in [5, 5.41) is 9.27. The number of carbonyl (C=O) groups is 1. The zero-order valence-electron chi connectivity index (χ0n) is 12.9. The molecular formula is C16H26O4. The van der Waals surface area contributed by atoms with Gasteiger partial charge in [-0.2, -0.15) is 0 Å². The summed E-state index contributed by atoms with van der Waals surface area (Å²) in [7, 11) is 1.35. The van der Waals surface area contributed by atoms with Gasteiger partial charge in [0, 0.05) is 13.0 Å². The lowest BCUT2D eigenvalue weighted by Crippen LogP contribution is -2.04. The van der Waals surface area contributed by atoms with E-state index in [0.29, 0.717) is 5.75 Å². The molecule has 1 aliphatic heterocycles. The molecular weight excluding hydrogens is 256 g/mol. The Morgan fingerprint density at radius 1 is 1.25 bits per heavy atom. The van der Waals surface area contributed by atoms with Crippen LogP contribution in [-0.4, -0.2) is 24.8 Å². The minimum atomic E-state index is -0.245. The molecule has 0 bridgehead atoms. The molecule has 20 heavy (non-hydrogen) atoms. The van der Waals surface area contributed by atoms with Gasteiger partial charge in [0.25, 0.3) is 0 Å². The molecule has 0 aromatic heterocycles. The van der Waals surface area contributed by atoms with Gasteiger partial charge in [-0.05, 0) is 37.3 Å². The lowest BCUT2D eigenvalue weighted by atomic mass is 10.0. The van der Waals surface area contributed by atoms with E-state index in [1.165, 1.54) is 32.4 Å². The van der Waals surface area contributed by atoms with Crippen molar-refractivity contribution >= 4 is 5.97 Å². The molecule has 0 saturated carbocycles. The molecule has 4 nitrogen and oxygen atoms in total. The molecule has 1 heterocycles. The second kappa shape index (κ2) is 11.1. The first-order valence-corrected chi connectivity index (χ1v) is 7.12. The average Bonchev–Trinajstić information content (AvgIpc) is 2.43. The summed E-state index contributed by atoms with van der Waals surface area (Å²) in [6, 6.07) is 5.39. The monoisotopic (exact) mass is 282 g/mol. The minimum absolute atomic E-state index is 0.245. The molecule has 0 atom stereocenters. The van der Waals surface area contributed by atoms with Gasteiger partial charge in [-0.3, -0.25) is 4.79 Å². The number of hydrogen-bond acceptors (Lipinski definition) is 4. The molecule has 1 aliphatic rings. The van der Waals surface area contributed by atoms with E-state index in [0.717, 1.165) is 25.2 Å². The second-order valence-corrected chi connectivity index (χ2v) is 4.15. The molecule has 2 rings (SSSR count). The topological polar surface area (TPSA) is 55.8 Å². The SMILES string of the molecule is CC.COC(C)=O.Oc1ccc2c(c1)OCCCCC2. The van der Waals surface area contributed by atoms with Crippen molar-refractivity contribution < 1.29 is 19.4 Å². The van der Waals surface area contributed by atoms with Crippen LogP contribution in [0.1, 0.15) is 45.6 Å². The zero-order valence-corrected chi connectivity index (χ0v) is 12.9. The van der Waals surface area contributed by atoms with E-state index >= 15 is 0 Å². The average molecular weight is 282 g/mol. The smallest absolute Gasteiger partial charge is 0.302 e. The second-order valence-electron chi connectivity index (χ2n) is 4.15. The lowest BCUT2D eigenvalue weighted by Gasteiger charge is -2.14.